The summed E-state index contributed by atoms with van der Waals surface area (Å²) < 4.78 is 5.42. The molecule has 0 spiro atoms. The molecule has 0 unspecified atom stereocenters. The Labute approximate surface area is 160 Å². The average Bonchev–Trinajstić information content (AvgIpc) is 2.59. The Morgan fingerprint density at radius 3 is 2.41 bits per heavy atom. The molecule has 3 amide bonds. The summed E-state index contributed by atoms with van der Waals surface area (Å²) in [7, 11) is 1.83. The summed E-state index contributed by atoms with van der Waals surface area (Å²) in [6, 6.07) is 12.9. The van der Waals surface area contributed by atoms with Crippen LogP contribution in [-0.2, 0) is 11.3 Å². The lowest BCUT2D eigenvalue weighted by atomic mass is 10.1. The van der Waals surface area contributed by atoms with E-state index in [1.54, 1.807) is 0 Å². The van der Waals surface area contributed by atoms with E-state index < -0.39 is 6.03 Å². The van der Waals surface area contributed by atoms with Gasteiger partial charge in [-0.2, -0.15) is 0 Å². The van der Waals surface area contributed by atoms with Crippen LogP contribution in [0, 0.1) is 13.8 Å². The highest BCUT2D eigenvalue weighted by Gasteiger charge is 2.12. The molecule has 2 aromatic carbocycles. The molecule has 0 bridgehead atoms. The Morgan fingerprint density at radius 2 is 1.78 bits per heavy atom. The fraction of sp³-hybridized carbons (Fsp3) is 0.333. The second-order valence-corrected chi connectivity index (χ2v) is 6.57. The fourth-order valence-corrected chi connectivity index (χ4v) is 2.74. The maximum Gasteiger partial charge on any atom is 0.325 e. The van der Waals surface area contributed by atoms with Crippen LogP contribution in [0.3, 0.4) is 0 Å². The van der Waals surface area contributed by atoms with Gasteiger partial charge in [0.15, 0.2) is 0 Å². The Morgan fingerprint density at radius 1 is 1.07 bits per heavy atom. The Hall–Kier alpha value is -2.86. The molecule has 6 nitrogen and oxygen atoms in total. The van der Waals surface area contributed by atoms with E-state index in [0.717, 1.165) is 22.4 Å². The number of anilines is 1. The van der Waals surface area contributed by atoms with Crippen LogP contribution in [0.2, 0.25) is 0 Å². The van der Waals surface area contributed by atoms with E-state index >= 15 is 0 Å². The molecule has 0 fully saturated rings. The molecule has 27 heavy (non-hydrogen) atoms. The smallest absolute Gasteiger partial charge is 0.325 e. The normalized spacial score (nSPS) is 10.6. The topological polar surface area (TPSA) is 70.7 Å². The highest BCUT2D eigenvalue weighted by molar-refractivity contribution is 6.02. The average molecular weight is 369 g/mol. The number of hydrogen-bond donors (Lipinski definition) is 2. The van der Waals surface area contributed by atoms with Crippen LogP contribution in [0.4, 0.5) is 10.5 Å². The number of rotatable bonds is 7. The summed E-state index contributed by atoms with van der Waals surface area (Å²) >= 11 is 0. The number of benzene rings is 2. The number of hydrogen-bond acceptors (Lipinski definition) is 4. The number of carbonyl (C=O) groups is 2. The molecule has 0 atom stereocenters. The molecule has 2 N–H and O–H groups in total. The third-order valence-corrected chi connectivity index (χ3v) is 3.98. The number of urea groups is 1. The van der Waals surface area contributed by atoms with Crippen LogP contribution in [0.25, 0.3) is 0 Å². The molecule has 0 heterocycles. The van der Waals surface area contributed by atoms with Gasteiger partial charge in [-0.15, -0.1) is 0 Å². The minimum atomic E-state index is -0.526. The fourth-order valence-electron chi connectivity index (χ4n) is 2.74. The largest absolute Gasteiger partial charge is 0.494 e. The number of carbonyl (C=O) groups excluding carboxylic acids is 2. The van der Waals surface area contributed by atoms with Gasteiger partial charge in [0.25, 0.3) is 0 Å². The van der Waals surface area contributed by atoms with Gasteiger partial charge in [-0.3, -0.25) is 15.0 Å². The maximum atomic E-state index is 12.1. The van der Waals surface area contributed by atoms with Gasteiger partial charge in [0, 0.05) is 12.2 Å². The molecule has 0 radical (unpaired) electrons. The van der Waals surface area contributed by atoms with Gasteiger partial charge in [0.2, 0.25) is 5.91 Å². The van der Waals surface area contributed by atoms with Gasteiger partial charge in [-0.25, -0.2) is 4.79 Å². The zero-order chi connectivity index (χ0) is 19.8. The molecule has 6 heteroatoms. The van der Waals surface area contributed by atoms with Crippen molar-refractivity contribution in [3.63, 3.8) is 0 Å². The Kier molecular flexibility index (Phi) is 7.37. The van der Waals surface area contributed by atoms with Gasteiger partial charge < -0.3 is 10.1 Å². The lowest BCUT2D eigenvalue weighted by molar-refractivity contribution is -0.120. The quantitative estimate of drug-likeness (QED) is 0.784. The van der Waals surface area contributed by atoms with Crippen molar-refractivity contribution >= 4 is 17.6 Å². The molecule has 0 aliphatic rings. The molecule has 144 valence electrons. The zero-order valence-electron chi connectivity index (χ0n) is 16.3. The second kappa shape index (κ2) is 9.73. The number of likely N-dealkylation sites (N-methyl/N-ethyl adjacent to an activating group) is 1. The zero-order valence-corrected chi connectivity index (χ0v) is 16.3. The van der Waals surface area contributed by atoms with E-state index in [1.807, 2.05) is 75.2 Å². The Bertz CT molecular complexity index is 788. The Balaban J connectivity index is 1.80. The molecule has 2 rings (SSSR count). The van der Waals surface area contributed by atoms with Crippen LogP contribution in [-0.4, -0.2) is 37.0 Å². The summed E-state index contributed by atoms with van der Waals surface area (Å²) in [5.41, 5.74) is 3.82. The van der Waals surface area contributed by atoms with Gasteiger partial charge in [-0.05, 0) is 57.1 Å². The van der Waals surface area contributed by atoms with Crippen molar-refractivity contribution in [1.29, 1.82) is 0 Å². The first-order valence-corrected chi connectivity index (χ1v) is 8.95. The number of imide groups is 1. The number of nitrogens with one attached hydrogen (secondary N) is 2. The minimum Gasteiger partial charge on any atom is -0.494 e. The number of ether oxygens (including phenoxy) is 1. The van der Waals surface area contributed by atoms with Gasteiger partial charge >= 0.3 is 6.03 Å². The molecule has 2 aromatic rings. The molecule has 0 saturated carbocycles. The molecular weight excluding hydrogens is 342 g/mol. The van der Waals surface area contributed by atoms with E-state index in [0.29, 0.717) is 18.8 Å². The number of aryl methyl sites for hydroxylation is 2. The van der Waals surface area contributed by atoms with E-state index in [4.69, 9.17) is 4.74 Å². The van der Waals surface area contributed by atoms with Crippen LogP contribution in [0.1, 0.15) is 23.6 Å². The van der Waals surface area contributed by atoms with E-state index in [1.165, 1.54) is 0 Å². The van der Waals surface area contributed by atoms with Gasteiger partial charge in [0.05, 0.1) is 13.2 Å². The molecular formula is C21H27N3O3. The minimum absolute atomic E-state index is 0.119. The summed E-state index contributed by atoms with van der Waals surface area (Å²) in [6.45, 7) is 7.18. The van der Waals surface area contributed by atoms with Crippen molar-refractivity contribution in [3.05, 3.63) is 59.2 Å². The molecule has 0 aliphatic heterocycles. The first kappa shape index (κ1) is 20.5. The van der Waals surface area contributed by atoms with Crippen molar-refractivity contribution in [3.8, 4) is 5.75 Å². The predicted molar refractivity (Wildman–Crippen MR) is 107 cm³/mol. The highest BCUT2D eigenvalue weighted by Crippen LogP contribution is 2.16. The van der Waals surface area contributed by atoms with Crippen LogP contribution < -0.4 is 15.4 Å². The van der Waals surface area contributed by atoms with Crippen molar-refractivity contribution < 1.29 is 14.3 Å². The molecule has 0 aromatic heterocycles. The third-order valence-electron chi connectivity index (χ3n) is 3.98. The van der Waals surface area contributed by atoms with Crippen molar-refractivity contribution in [2.45, 2.75) is 27.3 Å². The summed E-state index contributed by atoms with van der Waals surface area (Å²) in [6.07, 6.45) is 0. The van der Waals surface area contributed by atoms with E-state index in [-0.39, 0.29) is 12.5 Å². The van der Waals surface area contributed by atoms with Crippen LogP contribution in [0.15, 0.2) is 42.5 Å². The lowest BCUT2D eigenvalue weighted by Gasteiger charge is -2.16. The standard InChI is InChI=1S/C21H27N3O3/c1-5-27-18-9-7-17(8-10-18)13-24(4)14-20(25)23-21(26)22-19-11-6-15(2)12-16(19)3/h6-12H,5,13-14H2,1-4H3,(H2,22,23,25,26). The molecule has 0 aliphatic carbocycles. The molecule has 0 saturated heterocycles. The SMILES string of the molecule is CCOc1ccc(CN(C)CC(=O)NC(=O)Nc2ccc(C)cc2C)cc1. The summed E-state index contributed by atoms with van der Waals surface area (Å²) in [5.74, 6) is 0.468. The second-order valence-electron chi connectivity index (χ2n) is 6.57. The number of nitrogens with zero attached hydrogens (tertiary/aromatic N) is 1. The summed E-state index contributed by atoms with van der Waals surface area (Å²) in [4.78, 5) is 26.0. The van der Waals surface area contributed by atoms with Gasteiger partial charge in [0.1, 0.15) is 5.75 Å². The van der Waals surface area contributed by atoms with Gasteiger partial charge in [-0.1, -0.05) is 29.8 Å². The highest BCUT2D eigenvalue weighted by atomic mass is 16.5. The number of amides is 3. The van der Waals surface area contributed by atoms with Crippen LogP contribution >= 0.6 is 0 Å². The van der Waals surface area contributed by atoms with E-state index in [2.05, 4.69) is 10.6 Å². The summed E-state index contributed by atoms with van der Waals surface area (Å²) in [5, 5.41) is 5.07. The third kappa shape index (κ3) is 6.75. The maximum absolute atomic E-state index is 12.1. The van der Waals surface area contributed by atoms with Crippen molar-refractivity contribution in [2.75, 3.05) is 25.5 Å². The first-order chi connectivity index (χ1) is 12.9. The predicted octanol–water partition coefficient (Wildman–Crippen LogP) is 3.48. The first-order valence-electron chi connectivity index (χ1n) is 8.95. The van der Waals surface area contributed by atoms with E-state index in [9.17, 15) is 9.59 Å². The van der Waals surface area contributed by atoms with Crippen molar-refractivity contribution in [1.82, 2.24) is 10.2 Å². The van der Waals surface area contributed by atoms with Crippen LogP contribution in [0.5, 0.6) is 5.75 Å². The monoisotopic (exact) mass is 369 g/mol. The lowest BCUT2D eigenvalue weighted by Crippen LogP contribution is -2.40. The van der Waals surface area contributed by atoms with Crippen molar-refractivity contribution in [2.24, 2.45) is 0 Å².